The molecule has 0 aliphatic rings. The Kier molecular flexibility index (Phi) is 24.5. The van der Waals surface area contributed by atoms with Crippen LogP contribution >= 0.6 is 0 Å². The highest BCUT2D eigenvalue weighted by Gasteiger charge is 2.06. The van der Waals surface area contributed by atoms with E-state index in [9.17, 15) is 19.2 Å². The standard InChI is InChI=1S/C24H18O8.4C2H6/c25-21(26)5-1-15-9-16(2-6-22(27)28)12-19(11-15)20-13-17(3-7-23(29)30)10-18(14-20)4-8-24(31)32;4*1-2/h1-14H,(H,25,26)(H,27,28)(H,29,30)(H,31,32);4*1-2H3/b5-1+,6-2+,7-3+,8-4+;;;;. The van der Waals surface area contributed by atoms with Crippen LogP contribution in [0.3, 0.4) is 0 Å². The van der Waals surface area contributed by atoms with E-state index < -0.39 is 23.9 Å². The first-order valence-corrected chi connectivity index (χ1v) is 13.1. The molecule has 0 spiro atoms. The van der Waals surface area contributed by atoms with E-state index in [4.69, 9.17) is 20.4 Å². The van der Waals surface area contributed by atoms with Crippen molar-refractivity contribution in [3.63, 3.8) is 0 Å². The third kappa shape index (κ3) is 18.5. The summed E-state index contributed by atoms with van der Waals surface area (Å²) in [4.78, 5) is 43.5. The molecule has 0 heterocycles. The molecule has 40 heavy (non-hydrogen) atoms. The van der Waals surface area contributed by atoms with Crippen molar-refractivity contribution in [3.8, 4) is 11.1 Å². The van der Waals surface area contributed by atoms with E-state index in [0.29, 0.717) is 33.4 Å². The van der Waals surface area contributed by atoms with Gasteiger partial charge in [-0.15, -0.1) is 0 Å². The average molecular weight is 555 g/mol. The first-order chi connectivity index (χ1) is 19.1. The molecule has 2 aromatic carbocycles. The lowest BCUT2D eigenvalue weighted by molar-refractivity contribution is -0.132. The molecule has 218 valence electrons. The summed E-state index contributed by atoms with van der Waals surface area (Å²) in [5, 5.41) is 35.6. The fraction of sp³-hybridized carbons (Fsp3) is 0.250. The Labute approximate surface area is 237 Å². The van der Waals surface area contributed by atoms with Gasteiger partial charge in [-0.3, -0.25) is 0 Å². The summed E-state index contributed by atoms with van der Waals surface area (Å²) in [6.07, 6.45) is 9.17. The Morgan fingerprint density at radius 1 is 0.400 bits per heavy atom. The summed E-state index contributed by atoms with van der Waals surface area (Å²) in [6.45, 7) is 16.0. The molecule has 0 aromatic heterocycles. The third-order valence-corrected chi connectivity index (χ3v) is 3.96. The second-order valence-electron chi connectivity index (χ2n) is 6.46. The highest BCUT2D eigenvalue weighted by atomic mass is 16.4. The first-order valence-electron chi connectivity index (χ1n) is 13.1. The molecule has 0 saturated heterocycles. The summed E-state index contributed by atoms with van der Waals surface area (Å²) < 4.78 is 0. The number of carboxylic acid groups (broad SMARTS) is 4. The maximum atomic E-state index is 10.9. The van der Waals surface area contributed by atoms with Gasteiger partial charge in [0.15, 0.2) is 0 Å². The van der Waals surface area contributed by atoms with Crippen LogP contribution in [0.25, 0.3) is 35.4 Å². The van der Waals surface area contributed by atoms with Gasteiger partial charge in [0.2, 0.25) is 0 Å². The van der Waals surface area contributed by atoms with Gasteiger partial charge in [0.05, 0.1) is 0 Å². The van der Waals surface area contributed by atoms with Crippen LogP contribution in [0, 0.1) is 0 Å². The van der Waals surface area contributed by atoms with Gasteiger partial charge in [-0.2, -0.15) is 0 Å². The van der Waals surface area contributed by atoms with Gasteiger partial charge in [0.1, 0.15) is 0 Å². The summed E-state index contributed by atoms with van der Waals surface area (Å²) in [5.74, 6) is -4.61. The monoisotopic (exact) mass is 554 g/mol. The van der Waals surface area contributed by atoms with Crippen LogP contribution in [0.15, 0.2) is 60.7 Å². The van der Waals surface area contributed by atoms with E-state index >= 15 is 0 Å². The molecule has 2 aromatic rings. The van der Waals surface area contributed by atoms with Crippen LogP contribution < -0.4 is 0 Å². The fourth-order valence-corrected chi connectivity index (χ4v) is 2.74. The molecule has 0 radical (unpaired) electrons. The van der Waals surface area contributed by atoms with Crippen LogP contribution in [0.5, 0.6) is 0 Å². The zero-order chi connectivity index (χ0) is 31.7. The second kappa shape index (κ2) is 24.6. The number of carbonyl (C=O) groups is 4. The third-order valence-electron chi connectivity index (χ3n) is 3.96. The van der Waals surface area contributed by atoms with E-state index in [0.717, 1.165) is 24.3 Å². The van der Waals surface area contributed by atoms with Crippen LogP contribution in [-0.4, -0.2) is 44.3 Å². The highest BCUT2D eigenvalue weighted by Crippen LogP contribution is 2.27. The lowest BCUT2D eigenvalue weighted by Crippen LogP contribution is -1.91. The smallest absolute Gasteiger partial charge is 0.328 e. The zero-order valence-corrected chi connectivity index (χ0v) is 24.5. The lowest BCUT2D eigenvalue weighted by atomic mass is 9.95. The number of carboxylic acids is 4. The van der Waals surface area contributed by atoms with Crippen molar-refractivity contribution in [1.82, 2.24) is 0 Å². The van der Waals surface area contributed by atoms with Gasteiger partial charge < -0.3 is 20.4 Å². The van der Waals surface area contributed by atoms with E-state index in [-0.39, 0.29) is 0 Å². The van der Waals surface area contributed by atoms with Gasteiger partial charge in [-0.1, -0.05) is 55.4 Å². The predicted molar refractivity (Wildman–Crippen MR) is 164 cm³/mol. The Hall–Kier alpha value is -4.72. The molecule has 0 amide bonds. The number of aliphatic carboxylic acids is 4. The lowest BCUT2D eigenvalue weighted by Gasteiger charge is -2.09. The number of benzene rings is 2. The van der Waals surface area contributed by atoms with Gasteiger partial charge in [-0.05, 0) is 94.1 Å². The molecule has 0 atom stereocenters. The van der Waals surface area contributed by atoms with Gasteiger partial charge >= 0.3 is 23.9 Å². The maximum Gasteiger partial charge on any atom is 0.328 e. The Morgan fingerprint density at radius 2 is 0.575 bits per heavy atom. The highest BCUT2D eigenvalue weighted by molar-refractivity contribution is 5.90. The van der Waals surface area contributed by atoms with E-state index in [1.165, 1.54) is 24.3 Å². The summed E-state index contributed by atoms with van der Waals surface area (Å²) >= 11 is 0. The topological polar surface area (TPSA) is 149 Å². The number of hydrogen-bond donors (Lipinski definition) is 4. The Balaban J connectivity index is -0.00000157. The fourth-order valence-electron chi connectivity index (χ4n) is 2.74. The van der Waals surface area contributed by atoms with Crippen molar-refractivity contribution < 1.29 is 39.6 Å². The Bertz CT molecular complexity index is 1010. The van der Waals surface area contributed by atoms with Gasteiger partial charge in [0.25, 0.3) is 0 Å². The van der Waals surface area contributed by atoms with Crippen LogP contribution in [0.4, 0.5) is 0 Å². The summed E-state index contributed by atoms with van der Waals surface area (Å²) in [6, 6.07) is 9.87. The summed E-state index contributed by atoms with van der Waals surface area (Å²) in [7, 11) is 0. The van der Waals surface area contributed by atoms with Crippen molar-refractivity contribution in [2.24, 2.45) is 0 Å². The molecule has 8 heteroatoms. The second-order valence-corrected chi connectivity index (χ2v) is 6.46. The minimum Gasteiger partial charge on any atom is -0.478 e. The molecule has 2 rings (SSSR count). The molecule has 0 saturated carbocycles. The minimum atomic E-state index is -1.15. The predicted octanol–water partition coefficient (Wildman–Crippen LogP) is 7.85. The van der Waals surface area contributed by atoms with Crippen molar-refractivity contribution in [3.05, 3.63) is 83.0 Å². The molecule has 0 unspecified atom stereocenters. The zero-order valence-electron chi connectivity index (χ0n) is 24.5. The largest absolute Gasteiger partial charge is 0.478 e. The van der Waals surface area contributed by atoms with E-state index in [1.807, 2.05) is 55.4 Å². The molecule has 8 nitrogen and oxygen atoms in total. The SMILES string of the molecule is CC.CC.CC.CC.O=C(O)/C=C/c1cc(/C=C/C(=O)O)cc(-c2cc(/C=C/C(=O)O)cc(/C=C/C(=O)O)c2)c1. The quantitative estimate of drug-likeness (QED) is 0.229. The Morgan fingerprint density at radius 3 is 0.725 bits per heavy atom. The molecular weight excluding hydrogens is 512 g/mol. The molecule has 0 fully saturated rings. The first kappa shape index (κ1) is 39.8. The molecular formula is C32H42O8. The van der Waals surface area contributed by atoms with E-state index in [2.05, 4.69) is 0 Å². The van der Waals surface area contributed by atoms with Gasteiger partial charge in [-0.25, -0.2) is 19.2 Å². The van der Waals surface area contributed by atoms with Gasteiger partial charge in [0, 0.05) is 24.3 Å². The van der Waals surface area contributed by atoms with E-state index in [1.54, 1.807) is 36.4 Å². The maximum absolute atomic E-state index is 10.9. The molecule has 0 aliphatic carbocycles. The van der Waals surface area contributed by atoms with Crippen molar-refractivity contribution in [2.75, 3.05) is 0 Å². The van der Waals surface area contributed by atoms with Crippen LogP contribution in [0.2, 0.25) is 0 Å². The van der Waals surface area contributed by atoms with Crippen molar-refractivity contribution in [2.45, 2.75) is 55.4 Å². The van der Waals surface area contributed by atoms with Crippen LogP contribution in [0.1, 0.15) is 77.6 Å². The van der Waals surface area contributed by atoms with Crippen molar-refractivity contribution >= 4 is 48.2 Å². The van der Waals surface area contributed by atoms with Crippen LogP contribution in [-0.2, 0) is 19.2 Å². The minimum absolute atomic E-state index is 0.490. The summed E-state index contributed by atoms with van der Waals surface area (Å²) in [5.41, 5.74) is 3.12. The number of rotatable bonds is 9. The average Bonchev–Trinajstić information content (AvgIpc) is 2.97. The molecule has 4 N–H and O–H groups in total. The van der Waals surface area contributed by atoms with Crippen molar-refractivity contribution in [1.29, 1.82) is 0 Å². The molecule has 0 bridgehead atoms. The molecule has 0 aliphatic heterocycles. The number of hydrogen-bond acceptors (Lipinski definition) is 4. The normalized spacial score (nSPS) is 9.90.